The highest BCUT2D eigenvalue weighted by Crippen LogP contribution is 2.15. The Morgan fingerprint density at radius 1 is 1.18 bits per heavy atom. The highest BCUT2D eigenvalue weighted by molar-refractivity contribution is 7.09. The molecule has 1 fully saturated rings. The lowest BCUT2D eigenvalue weighted by molar-refractivity contribution is 0.0943. The molecule has 2 aromatic heterocycles. The molecule has 1 amide bonds. The quantitative estimate of drug-likeness (QED) is 0.509. The fourth-order valence-corrected chi connectivity index (χ4v) is 4.45. The maximum atomic E-state index is 12.3. The molecule has 4 rings (SSSR count). The molecular formula is C21H27N5OS. The number of carbonyl (C=O) groups excluding carboxylic acids is 1. The number of imidazole rings is 1. The zero-order valence-electron chi connectivity index (χ0n) is 16.0. The maximum Gasteiger partial charge on any atom is 0.270 e. The molecule has 3 aromatic rings. The normalized spacial score (nSPS) is 17.1. The Kier molecular flexibility index (Phi) is 6.34. The van der Waals surface area contributed by atoms with Crippen LogP contribution in [0.4, 0.5) is 0 Å². The van der Waals surface area contributed by atoms with E-state index in [0.29, 0.717) is 18.3 Å². The first-order chi connectivity index (χ1) is 13.8. The van der Waals surface area contributed by atoms with Gasteiger partial charge in [-0.2, -0.15) is 0 Å². The molecule has 1 aromatic carbocycles. The molecule has 0 bridgehead atoms. The number of H-pyrrole nitrogens is 1. The van der Waals surface area contributed by atoms with Gasteiger partial charge in [0.2, 0.25) is 0 Å². The van der Waals surface area contributed by atoms with Crippen molar-refractivity contribution in [1.82, 2.24) is 25.6 Å². The number of carbonyl (C=O) groups is 1. The molecule has 3 heterocycles. The number of aromatic amines is 1. The SMILES string of the molecule is O=C(NCC1CCCCN1)c1csc(CCCCc2nc3ccccc3[nH]2)n1. The molecule has 6 nitrogen and oxygen atoms in total. The van der Waals surface area contributed by atoms with Crippen LogP contribution in [0.25, 0.3) is 11.0 Å². The molecule has 1 aliphatic rings. The van der Waals surface area contributed by atoms with Gasteiger partial charge in [0.15, 0.2) is 0 Å². The summed E-state index contributed by atoms with van der Waals surface area (Å²) in [5, 5.41) is 9.37. The van der Waals surface area contributed by atoms with Crippen molar-refractivity contribution in [2.45, 2.75) is 51.0 Å². The maximum absolute atomic E-state index is 12.3. The van der Waals surface area contributed by atoms with E-state index in [1.807, 2.05) is 23.6 Å². The van der Waals surface area contributed by atoms with Crippen LogP contribution in [0.3, 0.4) is 0 Å². The van der Waals surface area contributed by atoms with Gasteiger partial charge in [-0.15, -0.1) is 11.3 Å². The van der Waals surface area contributed by atoms with Gasteiger partial charge < -0.3 is 15.6 Å². The van der Waals surface area contributed by atoms with Gasteiger partial charge in [0, 0.05) is 24.4 Å². The summed E-state index contributed by atoms with van der Waals surface area (Å²) in [6.45, 7) is 1.73. The lowest BCUT2D eigenvalue weighted by atomic mass is 10.1. The van der Waals surface area contributed by atoms with Crippen molar-refractivity contribution in [2.24, 2.45) is 0 Å². The van der Waals surface area contributed by atoms with E-state index in [2.05, 4.69) is 31.7 Å². The van der Waals surface area contributed by atoms with Crippen molar-refractivity contribution >= 4 is 28.3 Å². The minimum Gasteiger partial charge on any atom is -0.349 e. The number of hydrogen-bond donors (Lipinski definition) is 3. The molecule has 28 heavy (non-hydrogen) atoms. The van der Waals surface area contributed by atoms with Crippen molar-refractivity contribution in [3.8, 4) is 0 Å². The molecule has 0 aliphatic carbocycles. The number of thiazole rings is 1. The second kappa shape index (κ2) is 9.30. The number of hydrogen-bond acceptors (Lipinski definition) is 5. The second-order valence-corrected chi connectivity index (χ2v) is 8.33. The van der Waals surface area contributed by atoms with Gasteiger partial charge in [0.25, 0.3) is 5.91 Å². The highest BCUT2D eigenvalue weighted by Gasteiger charge is 2.15. The summed E-state index contributed by atoms with van der Waals surface area (Å²) in [6.07, 6.45) is 7.53. The average Bonchev–Trinajstić information content (AvgIpc) is 3.37. The van der Waals surface area contributed by atoms with Crippen LogP contribution in [-0.2, 0) is 12.8 Å². The number of para-hydroxylation sites is 2. The first kappa shape index (κ1) is 19.1. The minimum absolute atomic E-state index is 0.0582. The Hall–Kier alpha value is -2.25. The van der Waals surface area contributed by atoms with Crippen LogP contribution in [0.15, 0.2) is 29.6 Å². The molecule has 0 saturated carbocycles. The van der Waals surface area contributed by atoms with Crippen LogP contribution in [0.2, 0.25) is 0 Å². The van der Waals surface area contributed by atoms with E-state index in [-0.39, 0.29) is 5.91 Å². The van der Waals surface area contributed by atoms with Gasteiger partial charge in [-0.3, -0.25) is 4.79 Å². The molecule has 148 valence electrons. The predicted molar refractivity (Wildman–Crippen MR) is 113 cm³/mol. The first-order valence-electron chi connectivity index (χ1n) is 10.2. The van der Waals surface area contributed by atoms with Crippen molar-refractivity contribution < 1.29 is 4.79 Å². The summed E-state index contributed by atoms with van der Waals surface area (Å²) in [5.74, 6) is 0.980. The van der Waals surface area contributed by atoms with Crippen LogP contribution in [0.5, 0.6) is 0 Å². The van der Waals surface area contributed by atoms with E-state index in [0.717, 1.165) is 60.5 Å². The topological polar surface area (TPSA) is 82.7 Å². The van der Waals surface area contributed by atoms with Crippen LogP contribution in [-0.4, -0.2) is 40.0 Å². The number of aryl methyl sites for hydroxylation is 2. The third-order valence-corrected chi connectivity index (χ3v) is 6.11. The smallest absolute Gasteiger partial charge is 0.270 e. The molecule has 7 heteroatoms. The number of benzene rings is 1. The molecule has 1 atom stereocenters. The third-order valence-electron chi connectivity index (χ3n) is 5.20. The molecule has 0 radical (unpaired) electrons. The minimum atomic E-state index is -0.0582. The lowest BCUT2D eigenvalue weighted by Gasteiger charge is -2.23. The van der Waals surface area contributed by atoms with E-state index in [4.69, 9.17) is 0 Å². The number of nitrogens with one attached hydrogen (secondary N) is 3. The van der Waals surface area contributed by atoms with Crippen molar-refractivity contribution in [3.63, 3.8) is 0 Å². The molecular weight excluding hydrogens is 370 g/mol. The fraction of sp³-hybridized carbons (Fsp3) is 0.476. The Bertz CT molecular complexity index is 879. The summed E-state index contributed by atoms with van der Waals surface area (Å²) in [7, 11) is 0. The van der Waals surface area contributed by atoms with Crippen LogP contribution in [0.1, 0.15) is 53.4 Å². The number of piperidine rings is 1. The number of aromatic nitrogens is 3. The first-order valence-corrected chi connectivity index (χ1v) is 11.1. The van der Waals surface area contributed by atoms with Gasteiger partial charge in [0.05, 0.1) is 16.0 Å². The van der Waals surface area contributed by atoms with E-state index in [1.165, 1.54) is 12.8 Å². The van der Waals surface area contributed by atoms with Crippen LogP contribution < -0.4 is 10.6 Å². The molecule has 1 unspecified atom stereocenters. The highest BCUT2D eigenvalue weighted by atomic mass is 32.1. The predicted octanol–water partition coefficient (Wildman–Crippen LogP) is 3.46. The fourth-order valence-electron chi connectivity index (χ4n) is 3.63. The lowest BCUT2D eigenvalue weighted by Crippen LogP contribution is -2.43. The summed E-state index contributed by atoms with van der Waals surface area (Å²) in [5.41, 5.74) is 2.67. The summed E-state index contributed by atoms with van der Waals surface area (Å²) < 4.78 is 0. The Morgan fingerprint density at radius 2 is 2.07 bits per heavy atom. The van der Waals surface area contributed by atoms with Gasteiger partial charge in [-0.25, -0.2) is 9.97 Å². The van der Waals surface area contributed by atoms with Gasteiger partial charge >= 0.3 is 0 Å². The monoisotopic (exact) mass is 397 g/mol. The molecule has 0 spiro atoms. The van der Waals surface area contributed by atoms with E-state index in [1.54, 1.807) is 11.3 Å². The van der Waals surface area contributed by atoms with E-state index in [9.17, 15) is 4.79 Å². The molecule has 1 aliphatic heterocycles. The van der Waals surface area contributed by atoms with E-state index >= 15 is 0 Å². The Balaban J connectivity index is 1.19. The number of amides is 1. The Morgan fingerprint density at radius 3 is 2.93 bits per heavy atom. The third kappa shape index (κ3) is 4.97. The zero-order valence-corrected chi connectivity index (χ0v) is 16.9. The van der Waals surface area contributed by atoms with Gasteiger partial charge in [0.1, 0.15) is 11.5 Å². The Labute approximate surface area is 169 Å². The summed E-state index contributed by atoms with van der Waals surface area (Å²) in [4.78, 5) is 24.8. The average molecular weight is 398 g/mol. The van der Waals surface area contributed by atoms with E-state index < -0.39 is 0 Å². The molecule has 1 saturated heterocycles. The van der Waals surface area contributed by atoms with Crippen molar-refractivity contribution in [3.05, 3.63) is 46.2 Å². The van der Waals surface area contributed by atoms with Crippen LogP contribution in [0, 0.1) is 0 Å². The number of fused-ring (bicyclic) bond motifs is 1. The standard InChI is InChI=1S/C21H27N5OS/c27-21(23-13-15-7-5-6-12-22-15)18-14-28-20(26-18)11-4-3-10-19-24-16-8-1-2-9-17(16)25-19/h1-2,8-9,14-15,22H,3-7,10-13H2,(H,23,27)(H,24,25). The van der Waals surface area contributed by atoms with Crippen molar-refractivity contribution in [1.29, 1.82) is 0 Å². The summed E-state index contributed by atoms with van der Waals surface area (Å²) in [6, 6.07) is 8.51. The largest absolute Gasteiger partial charge is 0.349 e. The zero-order chi connectivity index (χ0) is 19.2. The number of unbranched alkanes of at least 4 members (excludes halogenated alkanes) is 1. The number of nitrogens with zero attached hydrogens (tertiary/aromatic N) is 2. The summed E-state index contributed by atoms with van der Waals surface area (Å²) >= 11 is 1.58. The second-order valence-electron chi connectivity index (χ2n) is 7.39. The van der Waals surface area contributed by atoms with Crippen LogP contribution >= 0.6 is 11.3 Å². The van der Waals surface area contributed by atoms with Gasteiger partial charge in [-0.05, 0) is 50.8 Å². The molecule has 3 N–H and O–H groups in total. The van der Waals surface area contributed by atoms with Crippen molar-refractivity contribution in [2.75, 3.05) is 13.1 Å². The van der Waals surface area contributed by atoms with Gasteiger partial charge in [-0.1, -0.05) is 18.6 Å². The number of rotatable bonds is 8.